The lowest BCUT2D eigenvalue weighted by Gasteiger charge is -2.29. The second-order valence-electron chi connectivity index (χ2n) is 6.57. The number of rotatable bonds is 5. The van der Waals surface area contributed by atoms with E-state index in [0.717, 1.165) is 11.3 Å². The Bertz CT molecular complexity index is 605. The molecule has 21 heavy (non-hydrogen) atoms. The van der Waals surface area contributed by atoms with Gasteiger partial charge in [-0.1, -0.05) is 19.9 Å². The Balaban J connectivity index is 2.71. The van der Waals surface area contributed by atoms with Gasteiger partial charge in [-0.2, -0.15) is 0 Å². The molecule has 0 saturated heterocycles. The Morgan fingerprint density at radius 2 is 1.90 bits per heavy atom. The van der Waals surface area contributed by atoms with E-state index in [2.05, 4.69) is 69.5 Å². The van der Waals surface area contributed by atoms with E-state index in [9.17, 15) is 0 Å². The van der Waals surface area contributed by atoms with Crippen molar-refractivity contribution in [2.24, 2.45) is 11.7 Å². The summed E-state index contributed by atoms with van der Waals surface area (Å²) >= 11 is 0. The van der Waals surface area contributed by atoms with Gasteiger partial charge < -0.3 is 10.3 Å². The molecular formula is C17H28N4. The van der Waals surface area contributed by atoms with Gasteiger partial charge in [-0.15, -0.1) is 0 Å². The fourth-order valence-electron chi connectivity index (χ4n) is 3.13. The largest absolute Gasteiger partial charge is 0.328 e. The first-order valence-electron chi connectivity index (χ1n) is 7.71. The molecule has 2 atom stereocenters. The van der Waals surface area contributed by atoms with Crippen LogP contribution in [-0.4, -0.2) is 35.1 Å². The zero-order chi connectivity index (χ0) is 15.7. The third-order valence-electron chi connectivity index (χ3n) is 4.11. The first-order valence-corrected chi connectivity index (χ1v) is 7.71. The monoisotopic (exact) mass is 288 g/mol. The van der Waals surface area contributed by atoms with Gasteiger partial charge in [0.15, 0.2) is 0 Å². The Hall–Kier alpha value is -1.39. The minimum atomic E-state index is 0.244. The predicted octanol–water partition coefficient (Wildman–Crippen LogP) is 3.12. The summed E-state index contributed by atoms with van der Waals surface area (Å²) in [6.07, 6.45) is 0. The average molecular weight is 288 g/mol. The predicted molar refractivity (Wildman–Crippen MR) is 89.5 cm³/mol. The van der Waals surface area contributed by atoms with E-state index in [1.807, 2.05) is 0 Å². The first-order chi connectivity index (χ1) is 9.86. The lowest BCUT2D eigenvalue weighted by Crippen LogP contribution is -2.29. The van der Waals surface area contributed by atoms with Crippen LogP contribution in [0.15, 0.2) is 18.2 Å². The van der Waals surface area contributed by atoms with Gasteiger partial charge in [0.25, 0.3) is 0 Å². The van der Waals surface area contributed by atoms with Gasteiger partial charge in [0.2, 0.25) is 0 Å². The van der Waals surface area contributed by atoms with Crippen molar-refractivity contribution in [3.8, 4) is 0 Å². The van der Waals surface area contributed by atoms with Crippen LogP contribution in [0, 0.1) is 12.8 Å². The third kappa shape index (κ3) is 2.97. The molecule has 0 amide bonds. The van der Waals surface area contributed by atoms with E-state index < -0.39 is 0 Å². The van der Waals surface area contributed by atoms with E-state index in [0.29, 0.717) is 12.5 Å². The summed E-state index contributed by atoms with van der Waals surface area (Å²) < 4.78 is 2.32. The minimum Gasteiger partial charge on any atom is -0.328 e. The standard InChI is InChI=1S/C17H28N4/c1-11(2)16(20(5)6)17-19-14-9-12(3)7-8-15(14)21(17)13(4)10-18/h7-9,11,13,16H,10,18H2,1-6H3. The van der Waals surface area contributed by atoms with E-state index in [1.165, 1.54) is 11.1 Å². The maximum absolute atomic E-state index is 5.94. The van der Waals surface area contributed by atoms with Gasteiger partial charge in [-0.3, -0.25) is 4.90 Å². The zero-order valence-electron chi connectivity index (χ0n) is 14.1. The number of hydrogen-bond donors (Lipinski definition) is 1. The molecule has 0 fully saturated rings. The van der Waals surface area contributed by atoms with Crippen molar-refractivity contribution < 1.29 is 0 Å². The van der Waals surface area contributed by atoms with E-state index in [4.69, 9.17) is 10.7 Å². The van der Waals surface area contributed by atoms with Crippen LogP contribution in [-0.2, 0) is 0 Å². The Morgan fingerprint density at radius 3 is 2.43 bits per heavy atom. The molecule has 1 aromatic carbocycles. The highest BCUT2D eigenvalue weighted by Crippen LogP contribution is 2.31. The van der Waals surface area contributed by atoms with Crippen LogP contribution in [0.1, 0.15) is 44.2 Å². The number of imidazole rings is 1. The van der Waals surface area contributed by atoms with E-state index in [1.54, 1.807) is 0 Å². The number of aryl methyl sites for hydroxylation is 1. The molecule has 0 aliphatic carbocycles. The molecule has 0 aliphatic heterocycles. The molecule has 0 saturated carbocycles. The molecular weight excluding hydrogens is 260 g/mol. The molecule has 116 valence electrons. The van der Waals surface area contributed by atoms with E-state index >= 15 is 0 Å². The van der Waals surface area contributed by atoms with Gasteiger partial charge in [0.05, 0.1) is 17.1 Å². The second-order valence-corrected chi connectivity index (χ2v) is 6.57. The molecule has 2 N–H and O–H groups in total. The quantitative estimate of drug-likeness (QED) is 0.919. The van der Waals surface area contributed by atoms with Crippen LogP contribution in [0.5, 0.6) is 0 Å². The molecule has 1 heterocycles. The van der Waals surface area contributed by atoms with Crippen LogP contribution in [0.4, 0.5) is 0 Å². The van der Waals surface area contributed by atoms with Crippen LogP contribution >= 0.6 is 0 Å². The summed E-state index contributed by atoms with van der Waals surface area (Å²) in [5.74, 6) is 1.61. The van der Waals surface area contributed by atoms with Gasteiger partial charge in [-0.25, -0.2) is 4.98 Å². The number of benzene rings is 1. The molecule has 2 unspecified atom stereocenters. The van der Waals surface area contributed by atoms with Crippen molar-refractivity contribution >= 4 is 11.0 Å². The van der Waals surface area contributed by atoms with Crippen LogP contribution in [0.3, 0.4) is 0 Å². The van der Waals surface area contributed by atoms with Gasteiger partial charge in [0.1, 0.15) is 5.82 Å². The summed E-state index contributed by atoms with van der Waals surface area (Å²) in [4.78, 5) is 7.20. The summed E-state index contributed by atoms with van der Waals surface area (Å²) in [7, 11) is 4.24. The zero-order valence-corrected chi connectivity index (χ0v) is 14.1. The second kappa shape index (κ2) is 6.16. The summed E-state index contributed by atoms with van der Waals surface area (Å²) in [5.41, 5.74) is 9.43. The molecule has 0 radical (unpaired) electrons. The molecule has 4 heteroatoms. The topological polar surface area (TPSA) is 47.1 Å². The fraction of sp³-hybridized carbons (Fsp3) is 0.588. The third-order valence-corrected chi connectivity index (χ3v) is 4.11. The van der Waals surface area contributed by atoms with Crippen molar-refractivity contribution in [1.82, 2.24) is 14.5 Å². The van der Waals surface area contributed by atoms with Crippen molar-refractivity contribution in [2.45, 2.75) is 39.8 Å². The van der Waals surface area contributed by atoms with Crippen molar-refractivity contribution in [2.75, 3.05) is 20.6 Å². The molecule has 2 aromatic rings. The maximum atomic E-state index is 5.94. The lowest BCUT2D eigenvalue weighted by atomic mass is 10.0. The van der Waals surface area contributed by atoms with E-state index in [-0.39, 0.29) is 12.1 Å². The highest BCUT2D eigenvalue weighted by atomic mass is 15.2. The normalized spacial score (nSPS) is 15.1. The molecule has 1 aromatic heterocycles. The molecule has 0 spiro atoms. The average Bonchev–Trinajstić information content (AvgIpc) is 2.74. The van der Waals surface area contributed by atoms with Crippen LogP contribution < -0.4 is 5.73 Å². The number of nitrogens with two attached hydrogens (primary N) is 1. The smallest absolute Gasteiger partial charge is 0.127 e. The molecule has 0 aliphatic rings. The number of nitrogens with zero attached hydrogens (tertiary/aromatic N) is 3. The van der Waals surface area contributed by atoms with Gasteiger partial charge in [-0.05, 0) is 51.6 Å². The first kappa shape index (κ1) is 16.0. The highest BCUT2D eigenvalue weighted by Gasteiger charge is 2.26. The number of fused-ring (bicyclic) bond motifs is 1. The molecule has 0 bridgehead atoms. The lowest BCUT2D eigenvalue weighted by molar-refractivity contribution is 0.217. The minimum absolute atomic E-state index is 0.244. The molecule has 4 nitrogen and oxygen atoms in total. The highest BCUT2D eigenvalue weighted by molar-refractivity contribution is 5.77. The fourth-order valence-corrected chi connectivity index (χ4v) is 3.13. The summed E-state index contributed by atoms with van der Waals surface area (Å²) in [5, 5.41) is 0. The SMILES string of the molecule is Cc1ccc2c(c1)nc(C(C(C)C)N(C)C)n2C(C)CN. The Morgan fingerprint density at radius 1 is 1.24 bits per heavy atom. The van der Waals surface area contributed by atoms with Crippen molar-refractivity contribution in [1.29, 1.82) is 0 Å². The van der Waals surface area contributed by atoms with Crippen molar-refractivity contribution in [3.05, 3.63) is 29.6 Å². The Kier molecular flexibility index (Phi) is 4.69. The maximum Gasteiger partial charge on any atom is 0.127 e. The Labute approximate surface area is 128 Å². The van der Waals surface area contributed by atoms with Crippen molar-refractivity contribution in [3.63, 3.8) is 0 Å². The number of hydrogen-bond acceptors (Lipinski definition) is 3. The number of aromatic nitrogens is 2. The summed E-state index contributed by atoms with van der Waals surface area (Å²) in [6.45, 7) is 9.37. The van der Waals surface area contributed by atoms with Crippen LogP contribution in [0.2, 0.25) is 0 Å². The van der Waals surface area contributed by atoms with Crippen LogP contribution in [0.25, 0.3) is 11.0 Å². The molecule has 2 rings (SSSR count). The van der Waals surface area contributed by atoms with Gasteiger partial charge >= 0.3 is 0 Å². The van der Waals surface area contributed by atoms with Gasteiger partial charge in [0, 0.05) is 12.6 Å². The summed E-state index contributed by atoms with van der Waals surface area (Å²) in [6, 6.07) is 7.00.